The van der Waals surface area contributed by atoms with Crippen molar-refractivity contribution < 1.29 is 14.3 Å². The Morgan fingerprint density at radius 1 is 1.30 bits per heavy atom. The van der Waals surface area contributed by atoms with Crippen LogP contribution >= 0.6 is 0 Å². The first-order chi connectivity index (χ1) is 9.61. The third kappa shape index (κ3) is 2.93. The van der Waals surface area contributed by atoms with E-state index in [2.05, 4.69) is 5.32 Å². The summed E-state index contributed by atoms with van der Waals surface area (Å²) in [6, 6.07) is 12.5. The molecular formula is C15H11FN2O2. The number of carboxylic acids is 1. The van der Waals surface area contributed by atoms with Gasteiger partial charge in [0.15, 0.2) is 0 Å². The van der Waals surface area contributed by atoms with Crippen LogP contribution in [0.4, 0.5) is 10.1 Å². The van der Waals surface area contributed by atoms with Gasteiger partial charge in [-0.2, -0.15) is 5.26 Å². The van der Waals surface area contributed by atoms with E-state index >= 15 is 0 Å². The third-order valence-corrected chi connectivity index (χ3v) is 2.82. The van der Waals surface area contributed by atoms with E-state index in [4.69, 9.17) is 10.4 Å². The molecule has 2 aromatic rings. The van der Waals surface area contributed by atoms with E-state index < -0.39 is 11.8 Å². The van der Waals surface area contributed by atoms with Crippen LogP contribution in [0.15, 0.2) is 42.5 Å². The second kappa shape index (κ2) is 5.85. The molecule has 0 radical (unpaired) electrons. The predicted octanol–water partition coefficient (Wildman–Crippen LogP) is 3.01. The largest absolute Gasteiger partial charge is 0.478 e. The summed E-state index contributed by atoms with van der Waals surface area (Å²) in [5.74, 6) is -1.66. The van der Waals surface area contributed by atoms with Crippen LogP contribution in [-0.2, 0) is 6.54 Å². The summed E-state index contributed by atoms with van der Waals surface area (Å²) in [5, 5.41) is 20.6. The van der Waals surface area contributed by atoms with Gasteiger partial charge in [-0.05, 0) is 29.8 Å². The van der Waals surface area contributed by atoms with Crippen molar-refractivity contribution in [2.75, 3.05) is 5.32 Å². The Morgan fingerprint density at radius 3 is 2.75 bits per heavy atom. The zero-order valence-corrected chi connectivity index (χ0v) is 10.4. The topological polar surface area (TPSA) is 73.1 Å². The summed E-state index contributed by atoms with van der Waals surface area (Å²) < 4.78 is 13.6. The Labute approximate surface area is 115 Å². The number of carboxylic acid groups (broad SMARTS) is 1. The Balaban J connectivity index is 2.21. The highest BCUT2D eigenvalue weighted by molar-refractivity contribution is 5.88. The highest BCUT2D eigenvalue weighted by atomic mass is 19.1. The first-order valence-corrected chi connectivity index (χ1v) is 5.86. The van der Waals surface area contributed by atoms with Crippen LogP contribution in [0, 0.1) is 17.1 Å². The summed E-state index contributed by atoms with van der Waals surface area (Å²) >= 11 is 0. The standard InChI is InChI=1S/C15H11FN2O2/c16-13-6-5-10(15(19)20)7-14(13)18-9-12-4-2-1-3-11(12)8-17/h1-7,18H,9H2,(H,19,20). The zero-order chi connectivity index (χ0) is 14.5. The van der Waals surface area contributed by atoms with Crippen molar-refractivity contribution in [2.45, 2.75) is 6.54 Å². The van der Waals surface area contributed by atoms with Crippen LogP contribution in [0.25, 0.3) is 0 Å². The molecule has 0 saturated carbocycles. The molecular weight excluding hydrogens is 259 g/mol. The maximum atomic E-state index is 13.6. The molecule has 5 heteroatoms. The number of aromatic carboxylic acids is 1. The van der Waals surface area contributed by atoms with Gasteiger partial charge in [-0.3, -0.25) is 0 Å². The highest BCUT2D eigenvalue weighted by Gasteiger charge is 2.09. The number of rotatable bonds is 4. The Morgan fingerprint density at radius 2 is 2.05 bits per heavy atom. The van der Waals surface area contributed by atoms with Crippen molar-refractivity contribution >= 4 is 11.7 Å². The lowest BCUT2D eigenvalue weighted by Crippen LogP contribution is -2.05. The van der Waals surface area contributed by atoms with Gasteiger partial charge in [0.05, 0.1) is 22.9 Å². The maximum absolute atomic E-state index is 13.6. The lowest BCUT2D eigenvalue weighted by atomic mass is 10.1. The zero-order valence-electron chi connectivity index (χ0n) is 10.4. The minimum absolute atomic E-state index is 0.00229. The minimum Gasteiger partial charge on any atom is -0.478 e. The molecule has 0 spiro atoms. The SMILES string of the molecule is N#Cc1ccccc1CNc1cc(C(=O)O)ccc1F. The highest BCUT2D eigenvalue weighted by Crippen LogP contribution is 2.18. The van der Waals surface area contributed by atoms with Gasteiger partial charge in [0.25, 0.3) is 0 Å². The molecule has 0 aliphatic rings. The number of carbonyl (C=O) groups is 1. The smallest absolute Gasteiger partial charge is 0.335 e. The first-order valence-electron chi connectivity index (χ1n) is 5.86. The molecule has 2 rings (SSSR count). The van der Waals surface area contributed by atoms with Crippen molar-refractivity contribution in [1.82, 2.24) is 0 Å². The van der Waals surface area contributed by atoms with Crippen molar-refractivity contribution in [3.8, 4) is 6.07 Å². The minimum atomic E-state index is -1.12. The molecule has 2 aromatic carbocycles. The molecule has 2 N–H and O–H groups in total. The van der Waals surface area contributed by atoms with E-state index in [-0.39, 0.29) is 17.8 Å². The van der Waals surface area contributed by atoms with Crippen LogP contribution in [0.2, 0.25) is 0 Å². The average Bonchev–Trinajstić information content (AvgIpc) is 2.46. The predicted molar refractivity (Wildman–Crippen MR) is 71.8 cm³/mol. The number of nitriles is 1. The molecule has 0 unspecified atom stereocenters. The molecule has 0 atom stereocenters. The van der Waals surface area contributed by atoms with Crippen LogP contribution in [-0.4, -0.2) is 11.1 Å². The second-order valence-electron chi connectivity index (χ2n) is 4.12. The summed E-state index contributed by atoms with van der Waals surface area (Å²) in [6.45, 7) is 0.240. The van der Waals surface area contributed by atoms with Gasteiger partial charge >= 0.3 is 5.97 Å². The van der Waals surface area contributed by atoms with E-state index in [0.717, 1.165) is 11.6 Å². The van der Waals surface area contributed by atoms with E-state index in [0.29, 0.717) is 5.56 Å². The van der Waals surface area contributed by atoms with Crippen LogP contribution in [0.3, 0.4) is 0 Å². The van der Waals surface area contributed by atoms with Gasteiger partial charge < -0.3 is 10.4 Å². The molecule has 0 fully saturated rings. The number of halogens is 1. The fourth-order valence-corrected chi connectivity index (χ4v) is 1.77. The van der Waals surface area contributed by atoms with E-state index in [1.165, 1.54) is 12.1 Å². The number of hydrogen-bond acceptors (Lipinski definition) is 3. The first kappa shape index (κ1) is 13.6. The summed E-state index contributed by atoms with van der Waals surface area (Å²) in [5.41, 5.74) is 1.31. The molecule has 100 valence electrons. The molecule has 4 nitrogen and oxygen atoms in total. The van der Waals surface area contributed by atoms with Crippen LogP contribution in [0.1, 0.15) is 21.5 Å². The van der Waals surface area contributed by atoms with Gasteiger partial charge in [0.2, 0.25) is 0 Å². The van der Waals surface area contributed by atoms with Crippen molar-refractivity contribution in [3.05, 3.63) is 65.0 Å². The summed E-state index contributed by atoms with van der Waals surface area (Å²) in [7, 11) is 0. The molecule has 0 aliphatic carbocycles. The van der Waals surface area contributed by atoms with Crippen molar-refractivity contribution in [3.63, 3.8) is 0 Å². The number of anilines is 1. The second-order valence-corrected chi connectivity index (χ2v) is 4.12. The summed E-state index contributed by atoms with van der Waals surface area (Å²) in [4.78, 5) is 10.8. The number of nitrogens with one attached hydrogen (secondary N) is 1. The number of hydrogen-bond donors (Lipinski definition) is 2. The molecule has 20 heavy (non-hydrogen) atoms. The van der Waals surface area contributed by atoms with Crippen molar-refractivity contribution in [2.24, 2.45) is 0 Å². The molecule has 0 heterocycles. The van der Waals surface area contributed by atoms with Gasteiger partial charge in [0.1, 0.15) is 5.82 Å². The van der Waals surface area contributed by atoms with Gasteiger partial charge in [-0.25, -0.2) is 9.18 Å². The monoisotopic (exact) mass is 270 g/mol. The number of nitrogens with zero attached hydrogens (tertiary/aromatic N) is 1. The van der Waals surface area contributed by atoms with E-state index in [1.54, 1.807) is 24.3 Å². The van der Waals surface area contributed by atoms with Gasteiger partial charge in [-0.15, -0.1) is 0 Å². The molecule has 0 saturated heterocycles. The molecule has 0 aromatic heterocycles. The molecule has 0 amide bonds. The van der Waals surface area contributed by atoms with Crippen LogP contribution in [0.5, 0.6) is 0 Å². The quantitative estimate of drug-likeness (QED) is 0.895. The normalized spacial score (nSPS) is 9.80. The summed E-state index contributed by atoms with van der Waals surface area (Å²) in [6.07, 6.45) is 0. The molecule has 0 bridgehead atoms. The Hall–Kier alpha value is -2.87. The van der Waals surface area contributed by atoms with Gasteiger partial charge in [-0.1, -0.05) is 18.2 Å². The fourth-order valence-electron chi connectivity index (χ4n) is 1.77. The lowest BCUT2D eigenvalue weighted by molar-refractivity contribution is 0.0697. The molecule has 0 aliphatic heterocycles. The average molecular weight is 270 g/mol. The third-order valence-electron chi connectivity index (χ3n) is 2.82. The Kier molecular flexibility index (Phi) is 3.96. The lowest BCUT2D eigenvalue weighted by Gasteiger charge is -2.09. The number of benzene rings is 2. The van der Waals surface area contributed by atoms with Crippen molar-refractivity contribution in [1.29, 1.82) is 5.26 Å². The van der Waals surface area contributed by atoms with E-state index in [1.807, 2.05) is 6.07 Å². The fraction of sp³-hybridized carbons (Fsp3) is 0.0667. The van der Waals surface area contributed by atoms with Crippen LogP contribution < -0.4 is 5.32 Å². The maximum Gasteiger partial charge on any atom is 0.335 e. The Bertz CT molecular complexity index is 693. The van der Waals surface area contributed by atoms with Gasteiger partial charge in [0, 0.05) is 6.54 Å². The van der Waals surface area contributed by atoms with E-state index in [9.17, 15) is 9.18 Å².